The number of carboxylic acid groups (broad SMARTS) is 1. The number of carbonyl (C=O) groups is 7. The highest BCUT2D eigenvalue weighted by molar-refractivity contribution is 6.24. The second-order valence-corrected chi connectivity index (χ2v) is 19.0. The quantitative estimate of drug-likeness (QED) is 0.0447. The third kappa shape index (κ3) is 12.6. The third-order valence-electron chi connectivity index (χ3n) is 14.5. The number of benzene rings is 4. The summed E-state index contributed by atoms with van der Waals surface area (Å²) in [6.45, 7) is 2.58. The summed E-state index contributed by atoms with van der Waals surface area (Å²) in [5, 5.41) is 16.2. The lowest BCUT2D eigenvalue weighted by molar-refractivity contribution is -0.157. The highest BCUT2D eigenvalue weighted by Gasteiger charge is 2.47. The minimum absolute atomic E-state index is 0.0264. The first kappa shape index (κ1) is 55.9. The van der Waals surface area contributed by atoms with E-state index in [4.69, 9.17) is 33.2 Å². The zero-order valence-electron chi connectivity index (χ0n) is 44.0. The molecule has 5 atom stereocenters. The maximum absolute atomic E-state index is 14.8. The van der Waals surface area contributed by atoms with Gasteiger partial charge in [0, 0.05) is 19.5 Å². The van der Waals surface area contributed by atoms with Gasteiger partial charge < -0.3 is 48.5 Å². The molecular weight excluding hydrogens is 981 g/mol. The molecule has 406 valence electrons. The summed E-state index contributed by atoms with van der Waals surface area (Å²) in [6.07, 6.45) is 5.26. The van der Waals surface area contributed by atoms with Crippen LogP contribution in [0.4, 0.5) is 0 Å². The van der Waals surface area contributed by atoms with Crippen molar-refractivity contribution in [1.29, 1.82) is 0 Å². The Morgan fingerprint density at radius 3 is 2.13 bits per heavy atom. The van der Waals surface area contributed by atoms with Crippen LogP contribution in [-0.4, -0.2) is 130 Å². The van der Waals surface area contributed by atoms with Crippen molar-refractivity contribution in [2.45, 2.75) is 95.6 Å². The summed E-state index contributed by atoms with van der Waals surface area (Å²) >= 11 is 0. The Morgan fingerprint density at radius 1 is 0.737 bits per heavy atom. The van der Waals surface area contributed by atoms with Crippen molar-refractivity contribution in [2.24, 2.45) is 11.8 Å². The van der Waals surface area contributed by atoms with Crippen LogP contribution in [0.2, 0.25) is 0 Å². The molecule has 19 heteroatoms. The van der Waals surface area contributed by atoms with Crippen LogP contribution in [0.5, 0.6) is 40.2 Å². The van der Waals surface area contributed by atoms with E-state index in [1.165, 1.54) is 32.3 Å². The van der Waals surface area contributed by atoms with Gasteiger partial charge in [0.25, 0.3) is 17.7 Å². The summed E-state index contributed by atoms with van der Waals surface area (Å²) in [4.78, 5) is 94.7. The van der Waals surface area contributed by atoms with Crippen LogP contribution in [0.15, 0.2) is 72.8 Å². The van der Waals surface area contributed by atoms with Gasteiger partial charge in [0.1, 0.15) is 23.6 Å². The molecule has 19 nitrogen and oxygen atoms in total. The van der Waals surface area contributed by atoms with Crippen molar-refractivity contribution in [2.75, 3.05) is 61.9 Å². The molecule has 4 aromatic carbocycles. The summed E-state index contributed by atoms with van der Waals surface area (Å²) in [6, 6.07) is 19.0. The Labute approximate surface area is 442 Å². The monoisotopic (exact) mass is 1050 g/mol. The molecule has 0 spiro atoms. The van der Waals surface area contributed by atoms with E-state index in [9.17, 15) is 38.7 Å². The fourth-order valence-electron chi connectivity index (χ4n) is 10.7. The van der Waals surface area contributed by atoms with Crippen LogP contribution < -0.4 is 43.8 Å². The van der Waals surface area contributed by atoms with Crippen LogP contribution in [0, 0.1) is 11.8 Å². The molecule has 3 aliphatic rings. The van der Waals surface area contributed by atoms with Gasteiger partial charge in [-0.3, -0.25) is 39.0 Å². The Bertz CT molecular complexity index is 2760. The standard InChI is InChI=1S/C57H68N4O15/c1-7-38(37-31-46(72-4)52(74-6)47(32-37)73-5)54(65)60-26-15-18-39(51(60)57(68)69)36(28-34-21-23-43(70-2)45(29-34)71-3)30-35-16-10-11-19-42(35)76-33-49(63)58-25-12-8-9-13-27-75-44-20-14-17-40-50(44)56(67)61(55(40)66)41-22-24-48(62)59-53(41)64/h10-11,14,16-17,19-21,23,29,31-32,36,38-39,41,51H,7-9,12-13,15,18,22,24-28,30,33H2,1-6H3,(H,58,63)(H,68,69)(H,59,62,64)/t36?,38-,39?,41?,51-/m0/s1. The number of nitrogens with one attached hydrogen (secondary N) is 2. The minimum Gasteiger partial charge on any atom is -0.493 e. The number of piperidine rings is 2. The van der Waals surface area contributed by atoms with Gasteiger partial charge in [-0.15, -0.1) is 0 Å². The van der Waals surface area contributed by atoms with Crippen molar-refractivity contribution in [1.82, 2.24) is 20.4 Å². The molecule has 3 N–H and O–H groups in total. The van der Waals surface area contributed by atoms with E-state index < -0.39 is 53.5 Å². The summed E-state index contributed by atoms with van der Waals surface area (Å²) in [7, 11) is 7.62. The SMILES string of the molecule is CC[C@H](C(=O)N1CCCC(C(Cc2ccc(OC)c(OC)c2)Cc2ccccc2OCC(=O)NCCCCCCOc2cccc3c2C(=O)N(C2CCC(=O)NC2=O)C3=O)[C@H]1C(=O)O)c1cc(OC)c(OC)c(OC)c1. The van der Waals surface area contributed by atoms with E-state index in [2.05, 4.69) is 10.6 Å². The zero-order valence-corrected chi connectivity index (χ0v) is 44.0. The number of likely N-dealkylation sites (tertiary alicyclic amines) is 1. The van der Waals surface area contributed by atoms with Crippen LogP contribution in [0.3, 0.4) is 0 Å². The molecule has 4 aromatic rings. The molecule has 2 saturated heterocycles. The summed E-state index contributed by atoms with van der Waals surface area (Å²) < 4.78 is 40.0. The van der Waals surface area contributed by atoms with E-state index in [0.29, 0.717) is 91.6 Å². The van der Waals surface area contributed by atoms with E-state index in [1.807, 2.05) is 43.3 Å². The minimum atomic E-state index is -1.16. The van der Waals surface area contributed by atoms with Crippen LogP contribution in [0.25, 0.3) is 0 Å². The predicted molar refractivity (Wildman–Crippen MR) is 277 cm³/mol. The normalized spacial score (nSPS) is 18.0. The van der Waals surface area contributed by atoms with Gasteiger partial charge in [-0.05, 0) is 122 Å². The van der Waals surface area contributed by atoms with E-state index in [0.717, 1.165) is 28.9 Å². The Kier molecular flexibility index (Phi) is 19.2. The number of aliphatic carboxylic acids is 1. The number of hydrogen-bond donors (Lipinski definition) is 3. The van der Waals surface area contributed by atoms with Gasteiger partial charge >= 0.3 is 5.97 Å². The molecule has 0 saturated carbocycles. The molecule has 0 aliphatic carbocycles. The zero-order chi connectivity index (χ0) is 54.5. The summed E-state index contributed by atoms with van der Waals surface area (Å²) in [5.41, 5.74) is 2.53. The number of carbonyl (C=O) groups excluding carboxylic acids is 6. The summed E-state index contributed by atoms with van der Waals surface area (Å²) in [5.74, 6) is -2.62. The molecule has 0 bridgehead atoms. The molecule has 3 unspecified atom stereocenters. The van der Waals surface area contributed by atoms with Crippen molar-refractivity contribution < 1.29 is 71.8 Å². The molecule has 76 heavy (non-hydrogen) atoms. The van der Waals surface area contributed by atoms with E-state index in [-0.39, 0.29) is 67.2 Å². The third-order valence-corrected chi connectivity index (χ3v) is 14.5. The number of methoxy groups -OCH3 is 5. The van der Waals surface area contributed by atoms with Gasteiger partial charge in [0.2, 0.25) is 23.5 Å². The lowest BCUT2D eigenvalue weighted by atomic mass is 9.73. The fraction of sp³-hybridized carbons (Fsp3) is 0.456. The van der Waals surface area contributed by atoms with Crippen molar-refractivity contribution in [3.63, 3.8) is 0 Å². The van der Waals surface area contributed by atoms with Gasteiger partial charge in [0.15, 0.2) is 29.6 Å². The average molecular weight is 1050 g/mol. The predicted octanol–water partition coefficient (Wildman–Crippen LogP) is 6.55. The van der Waals surface area contributed by atoms with Gasteiger partial charge in [-0.2, -0.15) is 0 Å². The number of imide groups is 2. The number of nitrogens with zero attached hydrogens (tertiary/aromatic N) is 2. The van der Waals surface area contributed by atoms with Crippen LogP contribution in [-0.2, 0) is 36.8 Å². The number of ether oxygens (including phenoxy) is 7. The van der Waals surface area contributed by atoms with Gasteiger partial charge in [-0.1, -0.05) is 50.1 Å². The molecule has 6 amide bonds. The largest absolute Gasteiger partial charge is 0.493 e. The second-order valence-electron chi connectivity index (χ2n) is 19.0. The molecule has 3 heterocycles. The lowest BCUT2D eigenvalue weighted by Gasteiger charge is -2.43. The fourth-order valence-corrected chi connectivity index (χ4v) is 10.7. The maximum Gasteiger partial charge on any atom is 0.326 e. The van der Waals surface area contributed by atoms with Crippen molar-refractivity contribution in [3.05, 3.63) is 101 Å². The average Bonchev–Trinajstić information content (AvgIpc) is 3.70. The smallest absolute Gasteiger partial charge is 0.326 e. The first-order chi connectivity index (χ1) is 36.8. The Balaban J connectivity index is 0.967. The topological polar surface area (TPSA) is 235 Å². The lowest BCUT2D eigenvalue weighted by Crippen LogP contribution is -2.56. The van der Waals surface area contributed by atoms with E-state index in [1.54, 1.807) is 44.6 Å². The molecule has 2 fully saturated rings. The first-order valence-corrected chi connectivity index (χ1v) is 25.8. The highest BCUT2D eigenvalue weighted by atomic mass is 16.5. The number of amides is 6. The molecular formula is C57H68N4O15. The van der Waals surface area contributed by atoms with Crippen molar-refractivity contribution >= 4 is 41.4 Å². The highest BCUT2D eigenvalue weighted by Crippen LogP contribution is 2.43. The molecule has 0 aromatic heterocycles. The molecule has 3 aliphatic heterocycles. The Morgan fingerprint density at radius 2 is 1.45 bits per heavy atom. The molecule has 0 radical (unpaired) electrons. The van der Waals surface area contributed by atoms with Crippen LogP contribution >= 0.6 is 0 Å². The van der Waals surface area contributed by atoms with Crippen molar-refractivity contribution in [3.8, 4) is 40.2 Å². The number of fused-ring (bicyclic) bond motifs is 1. The molecule has 7 rings (SSSR count). The number of para-hydroxylation sites is 1. The number of unbranched alkanes of at least 4 members (excludes halogenated alkanes) is 3. The van der Waals surface area contributed by atoms with Gasteiger partial charge in [0.05, 0.1) is 59.2 Å². The van der Waals surface area contributed by atoms with E-state index >= 15 is 0 Å². The number of carboxylic acids is 1. The second kappa shape index (κ2) is 26.1. The first-order valence-electron chi connectivity index (χ1n) is 25.8. The number of rotatable bonds is 26. The Hall–Kier alpha value is -7.83. The number of hydrogen-bond acceptors (Lipinski definition) is 14. The maximum atomic E-state index is 14.8. The van der Waals surface area contributed by atoms with Gasteiger partial charge in [-0.25, -0.2) is 4.79 Å². The van der Waals surface area contributed by atoms with Crippen LogP contribution in [0.1, 0.15) is 108 Å².